The highest BCUT2D eigenvalue weighted by molar-refractivity contribution is 5.50. The van der Waals surface area contributed by atoms with Gasteiger partial charge in [0.15, 0.2) is 0 Å². The SMILES string of the molecule is CNC(C)C1CCN(c2ncnc3c2CCC3)CC1. The number of nitrogens with zero attached hydrogens (tertiary/aromatic N) is 3. The Kier molecular flexibility index (Phi) is 3.69. The summed E-state index contributed by atoms with van der Waals surface area (Å²) in [6, 6.07) is 0.623. The number of fused-ring (bicyclic) bond motifs is 1. The molecule has 1 fully saturated rings. The van der Waals surface area contributed by atoms with Crippen LogP contribution in [0, 0.1) is 5.92 Å². The number of piperidine rings is 1. The summed E-state index contributed by atoms with van der Waals surface area (Å²) in [6.07, 6.45) is 7.83. The molecule has 0 amide bonds. The van der Waals surface area contributed by atoms with Crippen molar-refractivity contribution in [2.45, 2.75) is 45.1 Å². The molecular weight excluding hydrogens is 236 g/mol. The lowest BCUT2D eigenvalue weighted by atomic mass is 9.90. The molecule has 2 aliphatic rings. The second-order valence-corrected chi connectivity index (χ2v) is 5.88. The second-order valence-electron chi connectivity index (χ2n) is 5.88. The molecule has 0 bridgehead atoms. The monoisotopic (exact) mass is 260 g/mol. The van der Waals surface area contributed by atoms with Crippen molar-refractivity contribution in [3.63, 3.8) is 0 Å². The molecule has 0 aromatic carbocycles. The van der Waals surface area contributed by atoms with Crippen LogP contribution < -0.4 is 10.2 Å². The maximum Gasteiger partial charge on any atom is 0.135 e. The van der Waals surface area contributed by atoms with E-state index in [0.717, 1.165) is 25.4 Å². The van der Waals surface area contributed by atoms with Crippen LogP contribution in [0.4, 0.5) is 5.82 Å². The predicted octanol–water partition coefficient (Wildman–Crippen LogP) is 1.79. The van der Waals surface area contributed by atoms with E-state index in [4.69, 9.17) is 0 Å². The number of rotatable bonds is 3. The van der Waals surface area contributed by atoms with Gasteiger partial charge in [-0.3, -0.25) is 0 Å². The van der Waals surface area contributed by atoms with Crippen LogP contribution in [0.2, 0.25) is 0 Å². The fraction of sp³-hybridized carbons (Fsp3) is 0.733. The van der Waals surface area contributed by atoms with Gasteiger partial charge < -0.3 is 10.2 Å². The average molecular weight is 260 g/mol. The van der Waals surface area contributed by atoms with E-state index >= 15 is 0 Å². The molecule has 1 atom stereocenters. The van der Waals surface area contributed by atoms with Gasteiger partial charge in [0.25, 0.3) is 0 Å². The summed E-state index contributed by atoms with van der Waals surface area (Å²) in [7, 11) is 2.06. The van der Waals surface area contributed by atoms with Gasteiger partial charge in [-0.15, -0.1) is 0 Å². The summed E-state index contributed by atoms with van der Waals surface area (Å²) >= 11 is 0. The molecule has 1 aromatic heterocycles. The van der Waals surface area contributed by atoms with Gasteiger partial charge in [-0.25, -0.2) is 9.97 Å². The van der Waals surface area contributed by atoms with E-state index < -0.39 is 0 Å². The molecule has 0 spiro atoms. The molecule has 0 radical (unpaired) electrons. The van der Waals surface area contributed by atoms with Gasteiger partial charge in [0.05, 0.1) is 0 Å². The third-order valence-electron chi connectivity index (χ3n) is 4.85. The number of anilines is 1. The molecule has 4 nitrogen and oxygen atoms in total. The van der Waals surface area contributed by atoms with E-state index in [1.165, 1.54) is 42.8 Å². The number of hydrogen-bond acceptors (Lipinski definition) is 4. The van der Waals surface area contributed by atoms with Crippen LogP contribution in [-0.4, -0.2) is 36.1 Å². The maximum atomic E-state index is 4.56. The highest BCUT2D eigenvalue weighted by atomic mass is 15.2. The number of aromatic nitrogens is 2. The van der Waals surface area contributed by atoms with Gasteiger partial charge in [0.2, 0.25) is 0 Å². The van der Waals surface area contributed by atoms with Crippen LogP contribution in [0.25, 0.3) is 0 Å². The average Bonchev–Trinajstić information content (AvgIpc) is 2.95. The Balaban J connectivity index is 1.71. The van der Waals surface area contributed by atoms with Crippen LogP contribution in [0.15, 0.2) is 6.33 Å². The maximum absolute atomic E-state index is 4.56. The Morgan fingerprint density at radius 3 is 2.79 bits per heavy atom. The Morgan fingerprint density at radius 1 is 1.26 bits per heavy atom. The van der Waals surface area contributed by atoms with Gasteiger partial charge in [0.1, 0.15) is 12.1 Å². The third kappa shape index (κ3) is 2.46. The van der Waals surface area contributed by atoms with E-state index in [1.807, 2.05) is 0 Å². The minimum atomic E-state index is 0.623. The Hall–Kier alpha value is -1.16. The van der Waals surface area contributed by atoms with Crippen LogP contribution in [0.1, 0.15) is 37.4 Å². The lowest BCUT2D eigenvalue weighted by Crippen LogP contribution is -2.41. The highest BCUT2D eigenvalue weighted by Gasteiger charge is 2.26. The largest absolute Gasteiger partial charge is 0.356 e. The molecule has 1 N–H and O–H groups in total. The normalized spacial score (nSPS) is 21.5. The fourth-order valence-electron chi connectivity index (χ4n) is 3.46. The van der Waals surface area contributed by atoms with Crippen LogP contribution in [0.5, 0.6) is 0 Å². The molecule has 3 rings (SSSR count). The number of aryl methyl sites for hydroxylation is 1. The zero-order chi connectivity index (χ0) is 13.2. The van der Waals surface area contributed by atoms with Crippen molar-refractivity contribution in [1.82, 2.24) is 15.3 Å². The molecule has 1 aliphatic heterocycles. The van der Waals surface area contributed by atoms with Gasteiger partial charge in [-0.2, -0.15) is 0 Å². The molecule has 104 valence electrons. The molecule has 1 aromatic rings. The summed E-state index contributed by atoms with van der Waals surface area (Å²) in [5.41, 5.74) is 2.71. The second kappa shape index (κ2) is 5.45. The van der Waals surface area contributed by atoms with Gasteiger partial charge in [-0.05, 0) is 52.0 Å². The molecule has 19 heavy (non-hydrogen) atoms. The third-order valence-corrected chi connectivity index (χ3v) is 4.85. The Morgan fingerprint density at radius 2 is 2.05 bits per heavy atom. The zero-order valence-electron chi connectivity index (χ0n) is 12.0. The van der Waals surface area contributed by atoms with E-state index in [9.17, 15) is 0 Å². The van der Waals surface area contributed by atoms with Gasteiger partial charge >= 0.3 is 0 Å². The highest BCUT2D eigenvalue weighted by Crippen LogP contribution is 2.31. The van der Waals surface area contributed by atoms with Crippen LogP contribution in [-0.2, 0) is 12.8 Å². The van der Waals surface area contributed by atoms with E-state index in [0.29, 0.717) is 6.04 Å². The zero-order valence-corrected chi connectivity index (χ0v) is 12.0. The van der Waals surface area contributed by atoms with Crippen LogP contribution >= 0.6 is 0 Å². The first-order valence-corrected chi connectivity index (χ1v) is 7.54. The minimum absolute atomic E-state index is 0.623. The number of nitrogens with one attached hydrogen (secondary N) is 1. The summed E-state index contributed by atoms with van der Waals surface area (Å²) < 4.78 is 0. The van der Waals surface area contributed by atoms with E-state index in [2.05, 4.69) is 34.2 Å². The molecule has 1 unspecified atom stereocenters. The van der Waals surface area contributed by atoms with Gasteiger partial charge in [-0.1, -0.05) is 0 Å². The quantitative estimate of drug-likeness (QED) is 0.899. The van der Waals surface area contributed by atoms with Crippen molar-refractivity contribution in [2.24, 2.45) is 5.92 Å². The van der Waals surface area contributed by atoms with Gasteiger partial charge in [0, 0.05) is 30.4 Å². The summed E-state index contributed by atoms with van der Waals surface area (Å²) in [4.78, 5) is 11.5. The molecular formula is C15H24N4. The first-order valence-electron chi connectivity index (χ1n) is 7.54. The molecule has 1 aliphatic carbocycles. The van der Waals surface area contributed by atoms with Crippen molar-refractivity contribution in [3.05, 3.63) is 17.6 Å². The van der Waals surface area contributed by atoms with Crippen molar-refractivity contribution in [3.8, 4) is 0 Å². The summed E-state index contributed by atoms with van der Waals surface area (Å²) in [5, 5.41) is 3.39. The van der Waals surface area contributed by atoms with Crippen molar-refractivity contribution in [1.29, 1.82) is 0 Å². The first-order chi connectivity index (χ1) is 9.29. The van der Waals surface area contributed by atoms with Crippen molar-refractivity contribution < 1.29 is 0 Å². The molecule has 1 saturated heterocycles. The Labute approximate surface area is 115 Å². The first kappa shape index (κ1) is 12.9. The molecule has 0 saturated carbocycles. The molecule has 2 heterocycles. The summed E-state index contributed by atoms with van der Waals surface area (Å²) in [5.74, 6) is 2.02. The minimum Gasteiger partial charge on any atom is -0.356 e. The van der Waals surface area contributed by atoms with E-state index in [-0.39, 0.29) is 0 Å². The summed E-state index contributed by atoms with van der Waals surface area (Å²) in [6.45, 7) is 4.57. The Bertz CT molecular complexity index is 438. The number of hydrogen-bond donors (Lipinski definition) is 1. The standard InChI is InChI=1S/C15H24N4/c1-11(16-2)12-6-8-19(9-7-12)15-13-4-3-5-14(13)17-10-18-15/h10-12,16H,3-9H2,1-2H3. The topological polar surface area (TPSA) is 41.0 Å². The smallest absolute Gasteiger partial charge is 0.135 e. The predicted molar refractivity (Wildman–Crippen MR) is 77.5 cm³/mol. The molecule has 4 heteroatoms. The van der Waals surface area contributed by atoms with Crippen LogP contribution in [0.3, 0.4) is 0 Å². The lowest BCUT2D eigenvalue weighted by Gasteiger charge is -2.36. The lowest BCUT2D eigenvalue weighted by molar-refractivity contribution is 0.322. The van der Waals surface area contributed by atoms with Crippen molar-refractivity contribution >= 4 is 5.82 Å². The van der Waals surface area contributed by atoms with Crippen molar-refractivity contribution in [2.75, 3.05) is 25.0 Å². The van der Waals surface area contributed by atoms with E-state index in [1.54, 1.807) is 6.33 Å². The fourth-order valence-corrected chi connectivity index (χ4v) is 3.46.